The second-order valence-corrected chi connectivity index (χ2v) is 5.04. The van der Waals surface area contributed by atoms with Crippen molar-refractivity contribution in [3.63, 3.8) is 0 Å². The summed E-state index contributed by atoms with van der Waals surface area (Å²) in [5.74, 6) is 0.903. The molecule has 3 rings (SSSR count). The first-order chi connectivity index (χ1) is 9.24. The third kappa shape index (κ3) is 1.99. The maximum absolute atomic E-state index is 9.54. The van der Waals surface area contributed by atoms with Gasteiger partial charge >= 0.3 is 0 Å². The molecule has 2 heterocycles. The van der Waals surface area contributed by atoms with Crippen LogP contribution in [0.25, 0.3) is 11.0 Å². The molecule has 0 bridgehead atoms. The molecule has 0 radical (unpaired) electrons. The van der Waals surface area contributed by atoms with Crippen LogP contribution in [0.2, 0.25) is 0 Å². The molecule has 5 heteroatoms. The zero-order valence-corrected chi connectivity index (χ0v) is 11.3. The third-order valence-corrected chi connectivity index (χ3v) is 3.94. The van der Waals surface area contributed by atoms with Crippen LogP contribution in [0.4, 0.5) is 5.95 Å². The van der Waals surface area contributed by atoms with Crippen LogP contribution in [0.3, 0.4) is 0 Å². The molecule has 0 aliphatic carbocycles. The predicted octanol–water partition coefficient (Wildman–Crippen LogP) is 1.16. The van der Waals surface area contributed by atoms with Gasteiger partial charge in [-0.25, -0.2) is 4.98 Å². The predicted molar refractivity (Wildman–Crippen MR) is 74.3 cm³/mol. The maximum Gasteiger partial charge on any atom is 0.206 e. The summed E-state index contributed by atoms with van der Waals surface area (Å²) in [7, 11) is 3.73. The molecule has 1 aromatic heterocycles. The number of aliphatic hydroxyl groups is 1. The van der Waals surface area contributed by atoms with E-state index in [1.165, 1.54) is 0 Å². The maximum atomic E-state index is 9.54. The number of methoxy groups -OCH3 is 1. The monoisotopic (exact) mass is 261 g/mol. The molecule has 0 unspecified atom stereocenters. The Bertz CT molecular complexity index is 581. The highest BCUT2D eigenvalue weighted by Crippen LogP contribution is 2.28. The van der Waals surface area contributed by atoms with Gasteiger partial charge in [-0.1, -0.05) is 12.1 Å². The number of imidazole rings is 1. The number of aliphatic hydroxyl groups excluding tert-OH is 1. The van der Waals surface area contributed by atoms with Gasteiger partial charge in [0.1, 0.15) is 0 Å². The topological polar surface area (TPSA) is 50.5 Å². The minimum absolute atomic E-state index is 0.0838. The molecule has 1 saturated heterocycles. The largest absolute Gasteiger partial charge is 0.394 e. The van der Waals surface area contributed by atoms with Gasteiger partial charge in [-0.2, -0.15) is 0 Å². The summed E-state index contributed by atoms with van der Waals surface area (Å²) in [6.07, 6.45) is 1.01. The zero-order chi connectivity index (χ0) is 13.4. The van der Waals surface area contributed by atoms with Crippen LogP contribution in [0, 0.1) is 0 Å². The molecule has 0 amide bonds. The molecule has 2 atom stereocenters. The summed E-state index contributed by atoms with van der Waals surface area (Å²) in [6.45, 7) is 0.905. The van der Waals surface area contributed by atoms with E-state index in [2.05, 4.69) is 20.5 Å². The summed E-state index contributed by atoms with van der Waals surface area (Å²) < 4.78 is 7.50. The number of aryl methyl sites for hydroxylation is 1. The van der Waals surface area contributed by atoms with E-state index >= 15 is 0 Å². The average molecular weight is 261 g/mol. The van der Waals surface area contributed by atoms with Crippen molar-refractivity contribution in [2.75, 3.05) is 25.2 Å². The van der Waals surface area contributed by atoms with Gasteiger partial charge in [-0.3, -0.25) is 0 Å². The highest BCUT2D eigenvalue weighted by Gasteiger charge is 2.34. The Hall–Kier alpha value is -1.59. The highest BCUT2D eigenvalue weighted by molar-refractivity contribution is 5.78. The van der Waals surface area contributed by atoms with Crippen molar-refractivity contribution < 1.29 is 9.84 Å². The molecule has 19 heavy (non-hydrogen) atoms. The van der Waals surface area contributed by atoms with Gasteiger partial charge in [-0.05, 0) is 18.6 Å². The molecular formula is C14H19N3O2. The number of aromatic nitrogens is 2. The van der Waals surface area contributed by atoms with E-state index < -0.39 is 0 Å². The third-order valence-electron chi connectivity index (χ3n) is 3.94. The van der Waals surface area contributed by atoms with E-state index in [4.69, 9.17) is 4.74 Å². The number of hydrogen-bond acceptors (Lipinski definition) is 4. The molecule has 1 aliphatic heterocycles. The normalized spacial score (nSPS) is 23.4. The van der Waals surface area contributed by atoms with Crippen LogP contribution in [0.1, 0.15) is 6.42 Å². The number of rotatable bonds is 3. The van der Waals surface area contributed by atoms with Gasteiger partial charge in [0, 0.05) is 20.7 Å². The van der Waals surface area contributed by atoms with Gasteiger partial charge in [0.05, 0.1) is 29.8 Å². The Morgan fingerprint density at radius 3 is 2.89 bits per heavy atom. The van der Waals surface area contributed by atoms with Crippen LogP contribution in [0.5, 0.6) is 0 Å². The number of para-hydroxylation sites is 2. The van der Waals surface area contributed by atoms with E-state index in [0.29, 0.717) is 0 Å². The molecule has 1 fully saturated rings. The fourth-order valence-electron chi connectivity index (χ4n) is 2.85. The lowest BCUT2D eigenvalue weighted by Crippen LogP contribution is -2.34. The molecular weight excluding hydrogens is 242 g/mol. The molecule has 0 saturated carbocycles. The summed E-state index contributed by atoms with van der Waals surface area (Å²) in [4.78, 5) is 6.83. The molecule has 2 aromatic rings. The summed E-state index contributed by atoms with van der Waals surface area (Å²) in [6, 6.07) is 8.16. The molecule has 0 spiro atoms. The van der Waals surface area contributed by atoms with Gasteiger partial charge in [-0.15, -0.1) is 0 Å². The second kappa shape index (κ2) is 4.83. The first kappa shape index (κ1) is 12.4. The lowest BCUT2D eigenvalue weighted by Gasteiger charge is -2.23. The van der Waals surface area contributed by atoms with Crippen LogP contribution in [-0.4, -0.2) is 47.1 Å². The van der Waals surface area contributed by atoms with Crippen LogP contribution < -0.4 is 4.90 Å². The number of fused-ring (bicyclic) bond motifs is 1. The fourth-order valence-corrected chi connectivity index (χ4v) is 2.85. The van der Waals surface area contributed by atoms with E-state index in [1.54, 1.807) is 7.11 Å². The van der Waals surface area contributed by atoms with Crippen molar-refractivity contribution in [3.05, 3.63) is 24.3 Å². The van der Waals surface area contributed by atoms with Crippen molar-refractivity contribution in [1.82, 2.24) is 9.55 Å². The van der Waals surface area contributed by atoms with Gasteiger partial charge < -0.3 is 19.3 Å². The first-order valence-electron chi connectivity index (χ1n) is 6.56. The number of benzene rings is 1. The minimum atomic E-state index is 0.0838. The summed E-state index contributed by atoms with van der Waals surface area (Å²) >= 11 is 0. The Morgan fingerprint density at radius 2 is 2.21 bits per heavy atom. The Balaban J connectivity index is 2.01. The van der Waals surface area contributed by atoms with E-state index in [-0.39, 0.29) is 18.8 Å². The van der Waals surface area contributed by atoms with Crippen LogP contribution in [-0.2, 0) is 11.8 Å². The van der Waals surface area contributed by atoms with E-state index in [9.17, 15) is 5.11 Å². The lowest BCUT2D eigenvalue weighted by atomic mass is 10.2. The Kier molecular flexibility index (Phi) is 3.16. The first-order valence-corrected chi connectivity index (χ1v) is 6.56. The second-order valence-electron chi connectivity index (χ2n) is 5.04. The number of anilines is 1. The lowest BCUT2D eigenvalue weighted by molar-refractivity contribution is 0.115. The van der Waals surface area contributed by atoms with Crippen molar-refractivity contribution in [3.8, 4) is 0 Å². The standard InChI is InChI=1S/C14H19N3O2/c1-16-13-6-4-3-5-12(13)15-14(16)17-8-11(19-2)7-10(17)9-18/h3-6,10-11,18H,7-9H2,1-2H3/t10-,11-/m0/s1. The van der Waals surface area contributed by atoms with Crippen molar-refractivity contribution in [1.29, 1.82) is 0 Å². The van der Waals surface area contributed by atoms with Crippen LogP contribution in [0.15, 0.2) is 24.3 Å². The van der Waals surface area contributed by atoms with Gasteiger partial charge in [0.15, 0.2) is 0 Å². The van der Waals surface area contributed by atoms with Gasteiger partial charge in [0.25, 0.3) is 0 Å². The highest BCUT2D eigenvalue weighted by atomic mass is 16.5. The van der Waals surface area contributed by atoms with Crippen LogP contribution >= 0.6 is 0 Å². The van der Waals surface area contributed by atoms with E-state index in [0.717, 1.165) is 29.9 Å². The smallest absolute Gasteiger partial charge is 0.206 e. The number of hydrogen-bond donors (Lipinski definition) is 1. The average Bonchev–Trinajstić information content (AvgIpc) is 3.00. The fraction of sp³-hybridized carbons (Fsp3) is 0.500. The molecule has 102 valence electrons. The summed E-state index contributed by atoms with van der Waals surface area (Å²) in [5, 5.41) is 9.54. The summed E-state index contributed by atoms with van der Waals surface area (Å²) in [5.41, 5.74) is 2.09. The van der Waals surface area contributed by atoms with Crippen molar-refractivity contribution in [2.45, 2.75) is 18.6 Å². The SMILES string of the molecule is CO[C@H]1C[C@@H](CO)N(c2nc3ccccc3n2C)C1. The minimum Gasteiger partial charge on any atom is -0.394 e. The van der Waals surface area contributed by atoms with Crippen molar-refractivity contribution >= 4 is 17.0 Å². The van der Waals surface area contributed by atoms with Gasteiger partial charge in [0.2, 0.25) is 5.95 Å². The Labute approximate surface area is 112 Å². The Morgan fingerprint density at radius 1 is 1.42 bits per heavy atom. The molecule has 1 aliphatic rings. The number of nitrogens with zero attached hydrogens (tertiary/aromatic N) is 3. The molecule has 1 aromatic carbocycles. The zero-order valence-electron chi connectivity index (χ0n) is 11.3. The molecule has 1 N–H and O–H groups in total. The molecule has 5 nitrogen and oxygen atoms in total. The van der Waals surface area contributed by atoms with E-state index in [1.807, 2.05) is 25.2 Å². The number of ether oxygens (including phenoxy) is 1. The quantitative estimate of drug-likeness (QED) is 0.901. The van der Waals surface area contributed by atoms with Crippen molar-refractivity contribution in [2.24, 2.45) is 7.05 Å².